The summed E-state index contributed by atoms with van der Waals surface area (Å²) >= 11 is 0. The summed E-state index contributed by atoms with van der Waals surface area (Å²) in [5.74, 6) is 1.31. The Morgan fingerprint density at radius 3 is 2.65 bits per heavy atom. The minimum Gasteiger partial charge on any atom is -0.488 e. The number of sulfonamides is 1. The van der Waals surface area contributed by atoms with Crippen LogP contribution < -0.4 is 9.46 Å². The van der Waals surface area contributed by atoms with Gasteiger partial charge in [-0.1, -0.05) is 6.92 Å². The highest BCUT2D eigenvalue weighted by Gasteiger charge is 2.32. The number of anilines is 1. The Labute approximate surface area is 185 Å². The highest BCUT2D eigenvalue weighted by Crippen LogP contribution is 2.31. The molecule has 2 aliphatic rings. The molecule has 1 aromatic carbocycles. The highest BCUT2D eigenvalue weighted by atomic mass is 32.2. The lowest BCUT2D eigenvalue weighted by Gasteiger charge is -2.34. The Hall–Kier alpha value is -1.84. The van der Waals surface area contributed by atoms with Crippen molar-refractivity contribution in [2.75, 3.05) is 44.3 Å². The van der Waals surface area contributed by atoms with Gasteiger partial charge < -0.3 is 19.6 Å². The predicted molar refractivity (Wildman–Crippen MR) is 121 cm³/mol. The Kier molecular flexibility index (Phi) is 7.49. The van der Waals surface area contributed by atoms with Crippen LogP contribution in [-0.2, 0) is 21.2 Å². The van der Waals surface area contributed by atoms with Gasteiger partial charge in [-0.3, -0.25) is 9.52 Å². The maximum atomic E-state index is 13.1. The normalized spacial score (nSPS) is 23.4. The van der Waals surface area contributed by atoms with Gasteiger partial charge in [-0.25, -0.2) is 8.42 Å². The number of fused-ring (bicyclic) bond motifs is 1. The number of aliphatic hydroxyl groups excluding tert-OH is 1. The van der Waals surface area contributed by atoms with E-state index < -0.39 is 10.0 Å². The van der Waals surface area contributed by atoms with Gasteiger partial charge in [0.15, 0.2) is 0 Å². The zero-order valence-electron chi connectivity index (χ0n) is 18.9. The maximum absolute atomic E-state index is 13.1. The van der Waals surface area contributed by atoms with Gasteiger partial charge in [-0.15, -0.1) is 0 Å². The van der Waals surface area contributed by atoms with Crippen LogP contribution in [0.15, 0.2) is 18.2 Å². The molecule has 174 valence electrons. The molecule has 3 atom stereocenters. The third kappa shape index (κ3) is 6.82. The number of hydrogen-bond donors (Lipinski definition) is 2. The van der Waals surface area contributed by atoms with E-state index in [2.05, 4.69) is 23.6 Å². The van der Waals surface area contributed by atoms with Gasteiger partial charge in [0.25, 0.3) is 0 Å². The summed E-state index contributed by atoms with van der Waals surface area (Å²) in [6.07, 6.45) is 3.59. The lowest BCUT2D eigenvalue weighted by atomic mass is 10.0. The number of nitrogens with zero attached hydrogens (tertiary/aromatic N) is 2. The first-order valence-corrected chi connectivity index (χ1v) is 12.8. The van der Waals surface area contributed by atoms with Crippen molar-refractivity contribution in [2.24, 2.45) is 11.8 Å². The Bertz CT molecular complexity index is 887. The van der Waals surface area contributed by atoms with Crippen LogP contribution in [-0.4, -0.2) is 80.9 Å². The molecule has 1 amide bonds. The van der Waals surface area contributed by atoms with Crippen molar-refractivity contribution in [3.05, 3.63) is 23.8 Å². The zero-order chi connectivity index (χ0) is 22.8. The van der Waals surface area contributed by atoms with Crippen molar-refractivity contribution in [2.45, 2.75) is 45.3 Å². The van der Waals surface area contributed by atoms with Crippen molar-refractivity contribution in [3.8, 4) is 5.75 Å². The summed E-state index contributed by atoms with van der Waals surface area (Å²) in [4.78, 5) is 17.1. The first kappa shape index (κ1) is 23.8. The molecule has 0 aromatic heterocycles. The molecule has 0 spiro atoms. The highest BCUT2D eigenvalue weighted by molar-refractivity contribution is 7.92. The zero-order valence-corrected chi connectivity index (χ0v) is 19.7. The van der Waals surface area contributed by atoms with E-state index in [-0.39, 0.29) is 37.0 Å². The van der Waals surface area contributed by atoms with E-state index in [9.17, 15) is 18.3 Å². The molecule has 0 saturated heterocycles. The number of nitrogens with one attached hydrogen (secondary N) is 1. The molecule has 1 fully saturated rings. The number of rotatable bonds is 8. The second-order valence-corrected chi connectivity index (χ2v) is 11.0. The Morgan fingerprint density at radius 2 is 2.03 bits per heavy atom. The summed E-state index contributed by atoms with van der Waals surface area (Å²) < 4.78 is 32.2. The minimum absolute atomic E-state index is 0.0550. The third-order valence-corrected chi connectivity index (χ3v) is 6.58. The van der Waals surface area contributed by atoms with Gasteiger partial charge >= 0.3 is 0 Å². The standard InChI is InChI=1S/C22H35N3O5S/c1-15-11-25(16(2)14-26)22(27)10-18-9-19(23-31(4,28)29)7-8-20(18)30-21(15)13-24(3)12-17-5-6-17/h7-9,15-17,21,23,26H,5-6,10-14H2,1-4H3/t15-,16+,21+/m1/s1. The van der Waals surface area contributed by atoms with Gasteiger partial charge in [0.1, 0.15) is 11.9 Å². The van der Waals surface area contributed by atoms with Crippen LogP contribution in [0.5, 0.6) is 5.75 Å². The summed E-state index contributed by atoms with van der Waals surface area (Å²) in [6.45, 7) is 6.05. The molecule has 8 nitrogen and oxygen atoms in total. The molecule has 0 radical (unpaired) electrons. The van der Waals surface area contributed by atoms with E-state index in [4.69, 9.17) is 4.74 Å². The molecule has 31 heavy (non-hydrogen) atoms. The molecular formula is C22H35N3O5S. The van der Waals surface area contributed by atoms with Gasteiger partial charge in [-0.2, -0.15) is 0 Å². The van der Waals surface area contributed by atoms with Crippen molar-refractivity contribution >= 4 is 21.6 Å². The SMILES string of the molecule is C[C@@H]1CN([C@@H](C)CO)C(=O)Cc2cc(NS(C)(=O)=O)ccc2O[C@H]1CN(C)CC1CC1. The predicted octanol–water partition coefficient (Wildman–Crippen LogP) is 1.55. The van der Waals surface area contributed by atoms with Gasteiger partial charge in [0, 0.05) is 36.8 Å². The second kappa shape index (κ2) is 9.75. The Morgan fingerprint density at radius 1 is 1.32 bits per heavy atom. The summed E-state index contributed by atoms with van der Waals surface area (Å²) in [7, 11) is -1.34. The van der Waals surface area contributed by atoms with E-state index in [0.717, 1.165) is 25.3 Å². The number of carbonyl (C=O) groups is 1. The van der Waals surface area contributed by atoms with Crippen LogP contribution in [0.4, 0.5) is 5.69 Å². The molecule has 0 unspecified atom stereocenters. The van der Waals surface area contributed by atoms with E-state index >= 15 is 0 Å². The quantitative estimate of drug-likeness (QED) is 0.620. The summed E-state index contributed by atoms with van der Waals surface area (Å²) in [6, 6.07) is 4.75. The fourth-order valence-electron chi connectivity index (χ4n) is 4.05. The fourth-order valence-corrected chi connectivity index (χ4v) is 4.60. The van der Waals surface area contributed by atoms with Crippen molar-refractivity contribution in [1.29, 1.82) is 0 Å². The summed E-state index contributed by atoms with van der Waals surface area (Å²) in [5, 5.41) is 9.70. The molecule has 1 aliphatic heterocycles. The number of amides is 1. The first-order valence-electron chi connectivity index (χ1n) is 10.9. The molecule has 1 aromatic rings. The van der Waals surface area contributed by atoms with Crippen LogP contribution in [0.1, 0.15) is 32.3 Å². The van der Waals surface area contributed by atoms with Crippen LogP contribution in [0.25, 0.3) is 0 Å². The minimum atomic E-state index is -3.44. The van der Waals surface area contributed by atoms with Gasteiger partial charge in [0.2, 0.25) is 15.9 Å². The average molecular weight is 454 g/mol. The van der Waals surface area contributed by atoms with E-state index in [0.29, 0.717) is 23.5 Å². The van der Waals surface area contributed by atoms with Crippen LogP contribution in [0.3, 0.4) is 0 Å². The van der Waals surface area contributed by atoms with E-state index in [1.807, 2.05) is 6.92 Å². The van der Waals surface area contributed by atoms with Gasteiger partial charge in [0.05, 0.1) is 25.3 Å². The molecule has 1 aliphatic carbocycles. The molecule has 0 bridgehead atoms. The fraction of sp³-hybridized carbons (Fsp3) is 0.682. The monoisotopic (exact) mass is 453 g/mol. The number of aliphatic hydroxyl groups is 1. The largest absolute Gasteiger partial charge is 0.488 e. The lowest BCUT2D eigenvalue weighted by molar-refractivity contribution is -0.134. The molecular weight excluding hydrogens is 418 g/mol. The summed E-state index contributed by atoms with van der Waals surface area (Å²) in [5.41, 5.74) is 1.03. The number of ether oxygens (including phenoxy) is 1. The maximum Gasteiger partial charge on any atom is 0.229 e. The number of likely N-dealkylation sites (N-methyl/N-ethyl adjacent to an activating group) is 1. The second-order valence-electron chi connectivity index (χ2n) is 9.25. The molecule has 2 N–H and O–H groups in total. The Balaban J connectivity index is 1.91. The lowest BCUT2D eigenvalue weighted by Crippen LogP contribution is -2.47. The number of benzene rings is 1. The molecule has 3 rings (SSSR count). The van der Waals surface area contributed by atoms with Crippen molar-refractivity contribution < 1.29 is 23.1 Å². The number of carbonyl (C=O) groups excluding carboxylic acids is 1. The van der Waals surface area contributed by atoms with Crippen molar-refractivity contribution in [3.63, 3.8) is 0 Å². The smallest absolute Gasteiger partial charge is 0.229 e. The molecule has 1 heterocycles. The van der Waals surface area contributed by atoms with Gasteiger partial charge in [-0.05, 0) is 50.9 Å². The average Bonchev–Trinajstić information content (AvgIpc) is 3.48. The molecule has 9 heteroatoms. The number of hydrogen-bond acceptors (Lipinski definition) is 6. The topological polar surface area (TPSA) is 99.2 Å². The first-order chi connectivity index (χ1) is 14.6. The van der Waals surface area contributed by atoms with Crippen LogP contribution >= 0.6 is 0 Å². The third-order valence-electron chi connectivity index (χ3n) is 5.98. The molecule has 1 saturated carbocycles. The van der Waals surface area contributed by atoms with E-state index in [1.54, 1.807) is 23.1 Å². The van der Waals surface area contributed by atoms with Crippen molar-refractivity contribution in [1.82, 2.24) is 9.80 Å². The van der Waals surface area contributed by atoms with E-state index in [1.165, 1.54) is 12.8 Å². The van der Waals surface area contributed by atoms with Crippen LogP contribution in [0.2, 0.25) is 0 Å². The van der Waals surface area contributed by atoms with Crippen LogP contribution in [0, 0.1) is 11.8 Å².